The summed E-state index contributed by atoms with van der Waals surface area (Å²) >= 11 is 0. The smallest absolute Gasteiger partial charge is 0.145 e. The predicted octanol–water partition coefficient (Wildman–Crippen LogP) is 2.78. The van der Waals surface area contributed by atoms with E-state index in [1.54, 1.807) is 0 Å². The number of hydrogen-bond acceptors (Lipinski definition) is 3. The lowest BCUT2D eigenvalue weighted by Gasteiger charge is -2.15. The third-order valence-corrected chi connectivity index (χ3v) is 3.36. The first-order chi connectivity index (χ1) is 9.70. The van der Waals surface area contributed by atoms with Crippen LogP contribution in [-0.4, -0.2) is 22.1 Å². The van der Waals surface area contributed by atoms with Gasteiger partial charge in [-0.25, -0.2) is 0 Å². The van der Waals surface area contributed by atoms with Crippen LogP contribution in [0.1, 0.15) is 11.3 Å². The van der Waals surface area contributed by atoms with Gasteiger partial charge >= 0.3 is 0 Å². The minimum Gasteiger partial charge on any atom is -0.382 e. The van der Waals surface area contributed by atoms with Gasteiger partial charge in [-0.15, -0.1) is 0 Å². The van der Waals surface area contributed by atoms with Crippen LogP contribution in [0.25, 0.3) is 10.8 Å². The van der Waals surface area contributed by atoms with Gasteiger partial charge in [0.1, 0.15) is 5.82 Å². The second-order valence-electron chi connectivity index (χ2n) is 5.17. The van der Waals surface area contributed by atoms with Crippen LogP contribution in [0.2, 0.25) is 0 Å². The van der Waals surface area contributed by atoms with E-state index in [2.05, 4.69) is 64.6 Å². The van der Waals surface area contributed by atoms with Crippen LogP contribution in [0.3, 0.4) is 0 Å². The van der Waals surface area contributed by atoms with Crippen molar-refractivity contribution in [3.8, 4) is 0 Å². The second kappa shape index (κ2) is 5.35. The van der Waals surface area contributed by atoms with Crippen LogP contribution in [0.15, 0.2) is 48.5 Å². The number of hydrogen-bond donors (Lipinski definition) is 2. The molecule has 1 heterocycles. The van der Waals surface area contributed by atoms with Crippen LogP contribution in [0.4, 0.5) is 5.82 Å². The minimum atomic E-state index is 0.541. The lowest BCUT2D eigenvalue weighted by Crippen LogP contribution is -2.17. The maximum atomic E-state index is 5.61. The number of aromatic nitrogens is 2. The highest BCUT2D eigenvalue weighted by Crippen LogP contribution is 2.17. The summed E-state index contributed by atoms with van der Waals surface area (Å²) in [6.45, 7) is 1.70. The minimum absolute atomic E-state index is 0.541. The molecule has 0 aliphatic heterocycles. The molecular weight excluding hydrogens is 248 g/mol. The number of anilines is 1. The number of H-pyrrole nitrogens is 1. The standard InChI is InChI=1S/C16H18N4/c1-20(11-15-9-16(17)19-18-15)10-12-6-7-13-4-2-3-5-14(13)8-12/h2-9H,10-11H2,1H3,(H3,17,18,19). The van der Waals surface area contributed by atoms with Crippen molar-refractivity contribution in [2.45, 2.75) is 13.1 Å². The molecule has 0 bridgehead atoms. The molecule has 4 nitrogen and oxygen atoms in total. The fraction of sp³-hybridized carbons (Fsp3) is 0.188. The molecule has 3 aromatic rings. The number of nitrogens with two attached hydrogens (primary N) is 1. The molecule has 0 aliphatic rings. The maximum Gasteiger partial charge on any atom is 0.145 e. The van der Waals surface area contributed by atoms with Gasteiger partial charge in [-0.05, 0) is 29.4 Å². The van der Waals surface area contributed by atoms with E-state index in [1.807, 2.05) is 6.07 Å². The zero-order chi connectivity index (χ0) is 13.9. The number of benzene rings is 2. The van der Waals surface area contributed by atoms with E-state index < -0.39 is 0 Å². The van der Waals surface area contributed by atoms with Crippen LogP contribution in [0, 0.1) is 0 Å². The number of fused-ring (bicyclic) bond motifs is 1. The highest BCUT2D eigenvalue weighted by atomic mass is 15.2. The normalized spacial score (nSPS) is 11.3. The van der Waals surface area contributed by atoms with Crippen molar-refractivity contribution in [2.75, 3.05) is 12.8 Å². The van der Waals surface area contributed by atoms with Gasteiger partial charge in [0.05, 0.1) is 5.69 Å². The molecule has 0 unspecified atom stereocenters. The Morgan fingerprint density at radius 3 is 2.60 bits per heavy atom. The summed E-state index contributed by atoms with van der Waals surface area (Å²) < 4.78 is 0. The summed E-state index contributed by atoms with van der Waals surface area (Å²) in [5.41, 5.74) is 7.95. The first-order valence-corrected chi connectivity index (χ1v) is 6.67. The lowest BCUT2D eigenvalue weighted by molar-refractivity contribution is 0.315. The van der Waals surface area contributed by atoms with Crippen LogP contribution in [0.5, 0.6) is 0 Å². The van der Waals surface area contributed by atoms with Crippen molar-refractivity contribution in [1.29, 1.82) is 0 Å². The zero-order valence-corrected chi connectivity index (χ0v) is 11.5. The molecule has 0 fully saturated rings. The molecule has 0 amide bonds. The van der Waals surface area contributed by atoms with E-state index in [9.17, 15) is 0 Å². The quantitative estimate of drug-likeness (QED) is 0.763. The summed E-state index contributed by atoms with van der Waals surface area (Å²) in [4.78, 5) is 2.23. The Morgan fingerprint density at radius 2 is 1.85 bits per heavy atom. The number of rotatable bonds is 4. The average Bonchev–Trinajstić information content (AvgIpc) is 2.83. The van der Waals surface area contributed by atoms with Gasteiger partial charge in [-0.2, -0.15) is 5.10 Å². The Morgan fingerprint density at radius 1 is 1.05 bits per heavy atom. The molecule has 0 saturated heterocycles. The molecule has 0 saturated carbocycles. The van der Waals surface area contributed by atoms with Crippen molar-refractivity contribution < 1.29 is 0 Å². The summed E-state index contributed by atoms with van der Waals surface area (Å²) in [5, 5.41) is 9.44. The monoisotopic (exact) mass is 266 g/mol. The van der Waals surface area contributed by atoms with Gasteiger partial charge in [0.15, 0.2) is 0 Å². The molecule has 0 atom stereocenters. The van der Waals surface area contributed by atoms with Crippen molar-refractivity contribution in [1.82, 2.24) is 15.1 Å². The first-order valence-electron chi connectivity index (χ1n) is 6.67. The molecular formula is C16H18N4. The Labute approximate surface area is 118 Å². The highest BCUT2D eigenvalue weighted by Gasteiger charge is 2.05. The Bertz CT molecular complexity index is 717. The number of aromatic amines is 1. The third kappa shape index (κ3) is 2.81. The van der Waals surface area contributed by atoms with E-state index in [0.717, 1.165) is 18.8 Å². The van der Waals surface area contributed by atoms with Crippen LogP contribution in [-0.2, 0) is 13.1 Å². The molecule has 20 heavy (non-hydrogen) atoms. The fourth-order valence-corrected chi connectivity index (χ4v) is 2.46. The largest absolute Gasteiger partial charge is 0.382 e. The van der Waals surface area contributed by atoms with Gasteiger partial charge in [-0.3, -0.25) is 10.00 Å². The maximum absolute atomic E-state index is 5.61. The molecule has 4 heteroatoms. The topological polar surface area (TPSA) is 57.9 Å². The Kier molecular flexibility index (Phi) is 3.39. The van der Waals surface area contributed by atoms with E-state index in [4.69, 9.17) is 5.73 Å². The molecule has 3 N–H and O–H groups in total. The van der Waals surface area contributed by atoms with Crippen molar-refractivity contribution in [3.05, 3.63) is 59.8 Å². The fourth-order valence-electron chi connectivity index (χ4n) is 2.46. The van der Waals surface area contributed by atoms with E-state index in [1.165, 1.54) is 16.3 Å². The predicted molar refractivity (Wildman–Crippen MR) is 82.1 cm³/mol. The van der Waals surface area contributed by atoms with Gasteiger partial charge in [0.25, 0.3) is 0 Å². The van der Waals surface area contributed by atoms with Gasteiger partial charge in [-0.1, -0.05) is 36.4 Å². The molecule has 0 spiro atoms. The van der Waals surface area contributed by atoms with Crippen LogP contribution >= 0.6 is 0 Å². The number of nitrogens with one attached hydrogen (secondary N) is 1. The summed E-state index contributed by atoms with van der Waals surface area (Å²) in [6, 6.07) is 16.9. The zero-order valence-electron chi connectivity index (χ0n) is 11.5. The lowest BCUT2D eigenvalue weighted by atomic mass is 10.1. The van der Waals surface area contributed by atoms with E-state index in [-0.39, 0.29) is 0 Å². The molecule has 102 valence electrons. The summed E-state index contributed by atoms with van der Waals surface area (Å²) in [7, 11) is 2.09. The number of nitrogens with zero attached hydrogens (tertiary/aromatic N) is 2. The Balaban J connectivity index is 1.72. The van der Waals surface area contributed by atoms with Gasteiger partial charge in [0.2, 0.25) is 0 Å². The van der Waals surface area contributed by atoms with E-state index in [0.29, 0.717) is 5.82 Å². The second-order valence-corrected chi connectivity index (χ2v) is 5.17. The first kappa shape index (κ1) is 12.7. The highest BCUT2D eigenvalue weighted by molar-refractivity contribution is 5.82. The van der Waals surface area contributed by atoms with Crippen molar-refractivity contribution in [2.24, 2.45) is 0 Å². The van der Waals surface area contributed by atoms with Gasteiger partial charge < -0.3 is 5.73 Å². The molecule has 0 radical (unpaired) electrons. The van der Waals surface area contributed by atoms with Crippen molar-refractivity contribution >= 4 is 16.6 Å². The number of nitrogen functional groups attached to an aromatic ring is 1. The molecule has 1 aromatic heterocycles. The van der Waals surface area contributed by atoms with E-state index >= 15 is 0 Å². The third-order valence-electron chi connectivity index (χ3n) is 3.36. The summed E-state index contributed by atoms with van der Waals surface area (Å²) in [6.07, 6.45) is 0. The SMILES string of the molecule is CN(Cc1ccc2ccccc2c1)Cc1cc(N)n[nH]1. The van der Waals surface area contributed by atoms with Crippen molar-refractivity contribution in [3.63, 3.8) is 0 Å². The van der Waals surface area contributed by atoms with Crippen LogP contribution < -0.4 is 5.73 Å². The van der Waals surface area contributed by atoms with Gasteiger partial charge in [0, 0.05) is 19.2 Å². The Hall–Kier alpha value is -2.33. The molecule has 3 rings (SSSR count). The molecule has 0 aliphatic carbocycles. The average molecular weight is 266 g/mol. The molecule has 2 aromatic carbocycles. The summed E-state index contributed by atoms with van der Waals surface area (Å²) in [5.74, 6) is 0.541.